The van der Waals surface area contributed by atoms with Gasteiger partial charge in [0.25, 0.3) is 0 Å². The van der Waals surface area contributed by atoms with Crippen LogP contribution in [0.4, 0.5) is 4.39 Å². The van der Waals surface area contributed by atoms with E-state index in [4.69, 9.17) is 14.6 Å². The molecular formula is C13H15FO4. The van der Waals surface area contributed by atoms with E-state index in [9.17, 15) is 9.18 Å². The van der Waals surface area contributed by atoms with Crippen LogP contribution in [-0.2, 0) is 11.2 Å². The molecule has 0 aliphatic carbocycles. The number of benzene rings is 1. The average Bonchev–Trinajstić information content (AvgIpc) is 2.33. The molecule has 1 N–H and O–H groups in total. The molecule has 18 heavy (non-hydrogen) atoms. The van der Waals surface area contributed by atoms with Gasteiger partial charge >= 0.3 is 12.3 Å². The van der Waals surface area contributed by atoms with Gasteiger partial charge in [-0.05, 0) is 31.5 Å². The minimum atomic E-state index is -2.38. The van der Waals surface area contributed by atoms with Gasteiger partial charge in [-0.25, -0.2) is 4.79 Å². The molecule has 4 nitrogen and oxygen atoms in total. The molecule has 0 spiro atoms. The number of carbonyl (C=O) groups is 1. The third-order valence-electron chi connectivity index (χ3n) is 2.13. The number of rotatable bonds is 7. The molecule has 1 rings (SSSR count). The van der Waals surface area contributed by atoms with E-state index in [-0.39, 0.29) is 5.75 Å². The van der Waals surface area contributed by atoms with Gasteiger partial charge in [-0.3, -0.25) is 0 Å². The Morgan fingerprint density at radius 2 is 2.33 bits per heavy atom. The van der Waals surface area contributed by atoms with Crippen LogP contribution in [0.15, 0.2) is 30.9 Å². The van der Waals surface area contributed by atoms with Gasteiger partial charge in [-0.1, -0.05) is 6.08 Å². The van der Waals surface area contributed by atoms with Crippen LogP contribution in [0.3, 0.4) is 0 Å². The number of aliphatic carboxylic acids is 1. The Morgan fingerprint density at radius 1 is 1.61 bits per heavy atom. The van der Waals surface area contributed by atoms with Crippen molar-refractivity contribution in [1.29, 1.82) is 0 Å². The van der Waals surface area contributed by atoms with Crippen molar-refractivity contribution in [2.45, 2.75) is 19.7 Å². The summed E-state index contributed by atoms with van der Waals surface area (Å²) in [7, 11) is 0. The predicted molar refractivity (Wildman–Crippen MR) is 64.7 cm³/mol. The van der Waals surface area contributed by atoms with Gasteiger partial charge in [-0.2, -0.15) is 4.39 Å². The number of hydrogen-bond acceptors (Lipinski definition) is 3. The normalized spacial score (nSPS) is 11.7. The Bertz CT molecular complexity index is 431. The molecule has 0 heterocycles. The van der Waals surface area contributed by atoms with Crippen molar-refractivity contribution in [2.75, 3.05) is 6.61 Å². The highest BCUT2D eigenvalue weighted by molar-refractivity contribution is 5.71. The van der Waals surface area contributed by atoms with Crippen molar-refractivity contribution in [3.8, 4) is 11.5 Å². The summed E-state index contributed by atoms with van der Waals surface area (Å²) in [4.78, 5) is 10.4. The second kappa shape index (κ2) is 6.64. The highest BCUT2D eigenvalue weighted by Gasteiger charge is 2.19. The van der Waals surface area contributed by atoms with Crippen molar-refractivity contribution in [3.05, 3.63) is 36.4 Å². The zero-order chi connectivity index (χ0) is 13.5. The molecule has 98 valence electrons. The highest BCUT2D eigenvalue weighted by atomic mass is 19.1. The summed E-state index contributed by atoms with van der Waals surface area (Å²) >= 11 is 0. The molecule has 0 amide bonds. The zero-order valence-electron chi connectivity index (χ0n) is 10.1. The van der Waals surface area contributed by atoms with E-state index in [2.05, 4.69) is 6.58 Å². The number of hydrogen-bond donors (Lipinski definition) is 1. The summed E-state index contributed by atoms with van der Waals surface area (Å²) in [5.74, 6) is -0.867. The molecule has 5 heteroatoms. The fourth-order valence-corrected chi connectivity index (χ4v) is 1.40. The van der Waals surface area contributed by atoms with Gasteiger partial charge in [0.1, 0.15) is 11.5 Å². The number of ether oxygens (including phenoxy) is 2. The highest BCUT2D eigenvalue weighted by Crippen LogP contribution is 2.26. The van der Waals surface area contributed by atoms with Crippen LogP contribution in [0.2, 0.25) is 0 Å². The summed E-state index contributed by atoms with van der Waals surface area (Å²) in [6.07, 6.45) is -0.333. The third kappa shape index (κ3) is 3.76. The second-order valence-electron chi connectivity index (χ2n) is 3.47. The topological polar surface area (TPSA) is 55.8 Å². The molecule has 0 aromatic heterocycles. The molecule has 0 saturated heterocycles. The minimum absolute atomic E-state index is 0.174. The molecule has 1 aromatic carbocycles. The Morgan fingerprint density at radius 3 is 2.89 bits per heavy atom. The summed E-state index contributed by atoms with van der Waals surface area (Å²) in [5, 5.41) is 8.46. The van der Waals surface area contributed by atoms with Gasteiger partial charge in [0.2, 0.25) is 0 Å². The molecule has 1 aromatic rings. The van der Waals surface area contributed by atoms with E-state index in [1.807, 2.05) is 6.92 Å². The fraction of sp³-hybridized carbons (Fsp3) is 0.308. The molecule has 1 atom stereocenters. The fourth-order valence-electron chi connectivity index (χ4n) is 1.40. The predicted octanol–water partition coefficient (Wildman–Crippen LogP) is 2.57. The molecule has 0 aliphatic heterocycles. The lowest BCUT2D eigenvalue weighted by molar-refractivity contribution is -0.153. The minimum Gasteiger partial charge on any atom is -0.494 e. The summed E-state index contributed by atoms with van der Waals surface area (Å²) in [5.41, 5.74) is 0.625. The van der Waals surface area contributed by atoms with Crippen molar-refractivity contribution in [1.82, 2.24) is 0 Å². The lowest BCUT2D eigenvalue weighted by Gasteiger charge is -2.13. The van der Waals surface area contributed by atoms with Crippen LogP contribution >= 0.6 is 0 Å². The SMILES string of the molecule is C=CCc1cc(OCC)ccc1OC(F)C(=O)O. The van der Waals surface area contributed by atoms with Crippen molar-refractivity contribution in [3.63, 3.8) is 0 Å². The van der Waals surface area contributed by atoms with E-state index in [1.54, 1.807) is 18.2 Å². The molecule has 0 bridgehead atoms. The number of alkyl halides is 1. The smallest absolute Gasteiger partial charge is 0.378 e. The van der Waals surface area contributed by atoms with Crippen LogP contribution in [0.1, 0.15) is 12.5 Å². The molecule has 0 saturated carbocycles. The van der Waals surface area contributed by atoms with Crippen molar-refractivity contribution in [2.24, 2.45) is 0 Å². The van der Waals surface area contributed by atoms with Gasteiger partial charge < -0.3 is 14.6 Å². The first-order valence-electron chi connectivity index (χ1n) is 5.48. The van der Waals surface area contributed by atoms with E-state index < -0.39 is 12.3 Å². The maximum absolute atomic E-state index is 13.0. The Labute approximate surface area is 105 Å². The average molecular weight is 254 g/mol. The van der Waals surface area contributed by atoms with E-state index in [1.165, 1.54) is 6.07 Å². The van der Waals surface area contributed by atoms with Gasteiger partial charge in [0, 0.05) is 5.56 Å². The quantitative estimate of drug-likeness (QED) is 0.760. The van der Waals surface area contributed by atoms with Gasteiger partial charge in [-0.15, -0.1) is 6.58 Å². The van der Waals surface area contributed by atoms with Crippen LogP contribution in [0.25, 0.3) is 0 Å². The molecular weight excluding hydrogens is 239 g/mol. The van der Waals surface area contributed by atoms with Crippen LogP contribution in [0, 0.1) is 0 Å². The van der Waals surface area contributed by atoms with Crippen molar-refractivity contribution < 1.29 is 23.8 Å². The zero-order valence-corrected chi connectivity index (χ0v) is 10.1. The van der Waals surface area contributed by atoms with Crippen molar-refractivity contribution >= 4 is 5.97 Å². The van der Waals surface area contributed by atoms with E-state index in [0.29, 0.717) is 24.3 Å². The summed E-state index contributed by atoms with van der Waals surface area (Å²) < 4.78 is 23.0. The number of carboxylic acids is 1. The van der Waals surface area contributed by atoms with E-state index >= 15 is 0 Å². The first kappa shape index (κ1) is 14.0. The molecule has 0 aliphatic rings. The lowest BCUT2D eigenvalue weighted by atomic mass is 10.1. The standard InChI is InChI=1S/C13H15FO4/c1-3-5-9-8-10(17-4-2)6-7-11(9)18-12(14)13(15)16/h3,6-8,12H,1,4-5H2,2H3,(H,15,16). The van der Waals surface area contributed by atoms with Gasteiger partial charge in [0.15, 0.2) is 0 Å². The van der Waals surface area contributed by atoms with Crippen LogP contribution < -0.4 is 9.47 Å². The molecule has 0 fully saturated rings. The number of allylic oxidation sites excluding steroid dienone is 1. The monoisotopic (exact) mass is 254 g/mol. The molecule has 0 radical (unpaired) electrons. The largest absolute Gasteiger partial charge is 0.494 e. The lowest BCUT2D eigenvalue weighted by Crippen LogP contribution is -2.21. The van der Waals surface area contributed by atoms with Gasteiger partial charge in [0.05, 0.1) is 6.61 Å². The first-order chi connectivity index (χ1) is 8.58. The Hall–Kier alpha value is -2.04. The third-order valence-corrected chi connectivity index (χ3v) is 2.13. The second-order valence-corrected chi connectivity index (χ2v) is 3.47. The Balaban J connectivity index is 2.95. The maximum atomic E-state index is 13.0. The molecule has 1 unspecified atom stereocenters. The van der Waals surface area contributed by atoms with Crippen LogP contribution in [-0.4, -0.2) is 24.0 Å². The summed E-state index contributed by atoms with van der Waals surface area (Å²) in [6.45, 7) is 5.94. The first-order valence-corrected chi connectivity index (χ1v) is 5.48. The number of halogens is 1. The Kier molecular flexibility index (Phi) is 5.17. The maximum Gasteiger partial charge on any atom is 0.378 e. The summed E-state index contributed by atoms with van der Waals surface area (Å²) in [6, 6.07) is 4.76. The number of carboxylic acid groups (broad SMARTS) is 1. The van der Waals surface area contributed by atoms with Crippen LogP contribution in [0.5, 0.6) is 11.5 Å². The van der Waals surface area contributed by atoms with E-state index in [0.717, 1.165) is 0 Å².